The first-order valence-electron chi connectivity index (χ1n) is 5.27. The Bertz CT molecular complexity index is 515. The molecule has 0 fully saturated rings. The van der Waals surface area contributed by atoms with Crippen LogP contribution in [0.4, 0.5) is 5.82 Å². The van der Waals surface area contributed by atoms with Crippen molar-refractivity contribution in [2.24, 2.45) is 0 Å². The van der Waals surface area contributed by atoms with Crippen LogP contribution >= 0.6 is 11.6 Å². The molecule has 1 aromatic carbocycles. The maximum absolute atomic E-state index is 5.71. The van der Waals surface area contributed by atoms with Crippen LogP contribution in [0.3, 0.4) is 0 Å². The summed E-state index contributed by atoms with van der Waals surface area (Å²) in [5.74, 6) is 0.714. The van der Waals surface area contributed by atoms with E-state index < -0.39 is 0 Å². The summed E-state index contributed by atoms with van der Waals surface area (Å²) in [7, 11) is 1.95. The summed E-state index contributed by atoms with van der Waals surface area (Å²) in [6.07, 6.45) is 1.60. The average molecular weight is 249 g/mol. The number of hydrogen-bond acceptors (Lipinski definition) is 4. The second kappa shape index (κ2) is 5.10. The van der Waals surface area contributed by atoms with E-state index in [0.29, 0.717) is 5.82 Å². The summed E-state index contributed by atoms with van der Waals surface area (Å²) in [6, 6.07) is 8.35. The lowest BCUT2D eigenvalue weighted by Crippen LogP contribution is -2.18. The van der Waals surface area contributed by atoms with Gasteiger partial charge in [0.05, 0.1) is 6.20 Å². The molecule has 0 amide bonds. The van der Waals surface area contributed by atoms with Crippen molar-refractivity contribution < 1.29 is 0 Å². The molecule has 5 heteroatoms. The zero-order valence-electron chi connectivity index (χ0n) is 9.76. The van der Waals surface area contributed by atoms with Gasteiger partial charge in [0.1, 0.15) is 0 Å². The molecular formula is C12H13ClN4. The van der Waals surface area contributed by atoms with Gasteiger partial charge in [-0.1, -0.05) is 29.8 Å². The predicted molar refractivity (Wildman–Crippen MR) is 68.1 cm³/mol. The lowest BCUT2D eigenvalue weighted by atomic mass is 10.1. The van der Waals surface area contributed by atoms with Crippen molar-refractivity contribution in [2.75, 3.05) is 11.9 Å². The van der Waals surface area contributed by atoms with Gasteiger partial charge in [-0.2, -0.15) is 10.1 Å². The van der Waals surface area contributed by atoms with Gasteiger partial charge in [-0.15, -0.1) is 5.10 Å². The van der Waals surface area contributed by atoms with Crippen LogP contribution < -0.4 is 4.90 Å². The Morgan fingerprint density at radius 1 is 1.35 bits per heavy atom. The van der Waals surface area contributed by atoms with Gasteiger partial charge in [0.15, 0.2) is 5.82 Å². The number of halogens is 1. The van der Waals surface area contributed by atoms with Gasteiger partial charge in [0.2, 0.25) is 5.28 Å². The Labute approximate surface area is 105 Å². The lowest BCUT2D eigenvalue weighted by molar-refractivity contribution is 0.861. The summed E-state index contributed by atoms with van der Waals surface area (Å²) in [5, 5.41) is 7.56. The molecule has 88 valence electrons. The van der Waals surface area contributed by atoms with Crippen molar-refractivity contribution in [2.45, 2.75) is 13.5 Å². The molecule has 0 bridgehead atoms. The van der Waals surface area contributed by atoms with E-state index in [2.05, 4.69) is 40.3 Å². The van der Waals surface area contributed by atoms with Crippen LogP contribution in [-0.2, 0) is 6.54 Å². The standard InChI is InChI=1S/C12H13ClN4/c1-9-4-3-5-10(6-9)8-17(2)11-7-14-16-12(13)15-11/h3-7H,8H2,1-2H3. The molecule has 0 unspecified atom stereocenters. The quantitative estimate of drug-likeness (QED) is 0.837. The average Bonchev–Trinajstić information content (AvgIpc) is 2.29. The summed E-state index contributed by atoms with van der Waals surface area (Å²) in [6.45, 7) is 2.84. The Morgan fingerprint density at radius 3 is 2.88 bits per heavy atom. The number of benzene rings is 1. The van der Waals surface area contributed by atoms with Crippen LogP contribution in [-0.4, -0.2) is 22.2 Å². The highest BCUT2D eigenvalue weighted by Crippen LogP contribution is 2.13. The maximum atomic E-state index is 5.71. The van der Waals surface area contributed by atoms with Crippen LogP contribution in [0.15, 0.2) is 30.5 Å². The summed E-state index contributed by atoms with van der Waals surface area (Å²) in [5.41, 5.74) is 2.47. The number of anilines is 1. The van der Waals surface area contributed by atoms with Crippen molar-refractivity contribution in [3.63, 3.8) is 0 Å². The Hall–Kier alpha value is -1.68. The van der Waals surface area contributed by atoms with Crippen LogP contribution in [0.5, 0.6) is 0 Å². The van der Waals surface area contributed by atoms with E-state index in [1.54, 1.807) is 6.20 Å². The van der Waals surface area contributed by atoms with E-state index >= 15 is 0 Å². The molecule has 0 saturated heterocycles. The minimum absolute atomic E-state index is 0.165. The maximum Gasteiger partial charge on any atom is 0.244 e. The highest BCUT2D eigenvalue weighted by molar-refractivity contribution is 6.28. The molecule has 0 aliphatic rings. The van der Waals surface area contributed by atoms with Gasteiger partial charge in [-0.25, -0.2) is 0 Å². The van der Waals surface area contributed by atoms with Gasteiger partial charge in [-0.05, 0) is 24.1 Å². The molecule has 0 radical (unpaired) electrons. The minimum Gasteiger partial charge on any atom is -0.354 e. The van der Waals surface area contributed by atoms with E-state index in [1.165, 1.54) is 11.1 Å². The largest absolute Gasteiger partial charge is 0.354 e. The summed E-state index contributed by atoms with van der Waals surface area (Å²) in [4.78, 5) is 6.09. The third-order valence-corrected chi connectivity index (χ3v) is 2.57. The zero-order chi connectivity index (χ0) is 12.3. The second-order valence-electron chi connectivity index (χ2n) is 3.93. The van der Waals surface area contributed by atoms with Gasteiger partial charge >= 0.3 is 0 Å². The molecular weight excluding hydrogens is 236 g/mol. The fourth-order valence-electron chi connectivity index (χ4n) is 1.62. The third-order valence-electron chi connectivity index (χ3n) is 2.41. The van der Waals surface area contributed by atoms with Crippen molar-refractivity contribution in [1.29, 1.82) is 0 Å². The first-order chi connectivity index (χ1) is 8.15. The van der Waals surface area contributed by atoms with E-state index in [9.17, 15) is 0 Å². The van der Waals surface area contributed by atoms with Crippen LogP contribution in [0.1, 0.15) is 11.1 Å². The molecule has 0 spiro atoms. The fraction of sp³-hybridized carbons (Fsp3) is 0.250. The Morgan fingerprint density at radius 2 is 2.18 bits per heavy atom. The predicted octanol–water partition coefficient (Wildman–Crippen LogP) is 2.47. The van der Waals surface area contributed by atoms with Gasteiger partial charge in [0.25, 0.3) is 0 Å². The minimum atomic E-state index is 0.165. The number of rotatable bonds is 3. The van der Waals surface area contributed by atoms with Gasteiger partial charge in [0, 0.05) is 13.6 Å². The molecule has 0 saturated carbocycles. The molecule has 1 heterocycles. The molecule has 2 aromatic rings. The number of aryl methyl sites for hydroxylation is 1. The highest BCUT2D eigenvalue weighted by atomic mass is 35.5. The molecule has 0 N–H and O–H groups in total. The summed E-state index contributed by atoms with van der Waals surface area (Å²) >= 11 is 5.71. The van der Waals surface area contributed by atoms with E-state index in [0.717, 1.165) is 6.54 Å². The van der Waals surface area contributed by atoms with E-state index in [-0.39, 0.29) is 5.28 Å². The molecule has 2 rings (SSSR count). The SMILES string of the molecule is Cc1cccc(CN(C)c2cnnc(Cl)n2)c1. The molecule has 0 aliphatic carbocycles. The first kappa shape index (κ1) is 11.8. The van der Waals surface area contributed by atoms with E-state index in [1.807, 2.05) is 18.0 Å². The fourth-order valence-corrected chi connectivity index (χ4v) is 1.75. The van der Waals surface area contributed by atoms with Crippen molar-refractivity contribution >= 4 is 17.4 Å². The lowest BCUT2D eigenvalue weighted by Gasteiger charge is -2.17. The normalized spacial score (nSPS) is 10.3. The molecule has 0 atom stereocenters. The molecule has 17 heavy (non-hydrogen) atoms. The Kier molecular flexibility index (Phi) is 3.54. The first-order valence-corrected chi connectivity index (χ1v) is 5.65. The third kappa shape index (κ3) is 3.14. The Balaban J connectivity index is 2.14. The highest BCUT2D eigenvalue weighted by Gasteiger charge is 2.05. The van der Waals surface area contributed by atoms with Crippen molar-refractivity contribution in [3.8, 4) is 0 Å². The second-order valence-corrected chi connectivity index (χ2v) is 4.27. The number of nitrogens with zero attached hydrogens (tertiary/aromatic N) is 4. The molecule has 1 aromatic heterocycles. The summed E-state index contributed by atoms with van der Waals surface area (Å²) < 4.78 is 0. The van der Waals surface area contributed by atoms with E-state index in [4.69, 9.17) is 11.6 Å². The van der Waals surface area contributed by atoms with Crippen LogP contribution in [0.2, 0.25) is 5.28 Å². The number of hydrogen-bond donors (Lipinski definition) is 0. The van der Waals surface area contributed by atoms with Crippen molar-refractivity contribution in [1.82, 2.24) is 15.2 Å². The van der Waals surface area contributed by atoms with Crippen LogP contribution in [0, 0.1) is 6.92 Å². The van der Waals surface area contributed by atoms with Crippen molar-refractivity contribution in [3.05, 3.63) is 46.9 Å². The van der Waals surface area contributed by atoms with Gasteiger partial charge in [-0.3, -0.25) is 0 Å². The molecule has 4 nitrogen and oxygen atoms in total. The van der Waals surface area contributed by atoms with Crippen LogP contribution in [0.25, 0.3) is 0 Å². The van der Waals surface area contributed by atoms with Gasteiger partial charge < -0.3 is 4.90 Å². The topological polar surface area (TPSA) is 41.9 Å². The monoisotopic (exact) mass is 248 g/mol. The number of aromatic nitrogens is 3. The smallest absolute Gasteiger partial charge is 0.244 e. The molecule has 0 aliphatic heterocycles. The zero-order valence-corrected chi connectivity index (χ0v) is 10.5.